The van der Waals surface area contributed by atoms with Crippen molar-refractivity contribution in [3.63, 3.8) is 0 Å². The molecule has 4 rings (SSSR count). The first-order chi connectivity index (χ1) is 11.7. The number of nitrogens with zero attached hydrogens (tertiary/aromatic N) is 1. The first-order valence-corrected chi connectivity index (χ1v) is 7.68. The summed E-state index contributed by atoms with van der Waals surface area (Å²) in [4.78, 5) is 4.67. The number of benzene rings is 3. The van der Waals surface area contributed by atoms with Crippen LogP contribution in [0, 0.1) is 11.6 Å². The van der Waals surface area contributed by atoms with Crippen molar-refractivity contribution in [2.24, 2.45) is 0 Å². The highest BCUT2D eigenvalue weighted by Crippen LogP contribution is 2.30. The second-order valence-electron chi connectivity index (χ2n) is 5.62. The molecule has 0 bridgehead atoms. The fourth-order valence-corrected chi connectivity index (χ4v) is 2.87. The lowest BCUT2D eigenvalue weighted by Crippen LogP contribution is -2.02. The molecular formula is C20H14F2N2. The molecule has 0 fully saturated rings. The van der Waals surface area contributed by atoms with E-state index in [1.807, 2.05) is 48.5 Å². The van der Waals surface area contributed by atoms with E-state index < -0.39 is 11.6 Å². The number of fused-ring (bicyclic) bond motifs is 2. The van der Waals surface area contributed by atoms with Crippen molar-refractivity contribution < 1.29 is 8.78 Å². The standard InChI is InChI=1S/C20H14F2N2/c21-16-10-9-13(11-17(16)22)12-23-20-14-5-1-3-7-18(14)24-19-8-4-2-6-15(19)20/h1-11H,12H2,(H,23,24). The summed E-state index contributed by atoms with van der Waals surface area (Å²) >= 11 is 0. The van der Waals surface area contributed by atoms with Crippen molar-refractivity contribution in [2.45, 2.75) is 6.54 Å². The lowest BCUT2D eigenvalue weighted by Gasteiger charge is -2.13. The largest absolute Gasteiger partial charge is 0.380 e. The average Bonchev–Trinajstić information content (AvgIpc) is 2.61. The zero-order valence-corrected chi connectivity index (χ0v) is 12.8. The lowest BCUT2D eigenvalue weighted by molar-refractivity contribution is 0.507. The molecule has 0 aliphatic rings. The van der Waals surface area contributed by atoms with Gasteiger partial charge < -0.3 is 5.32 Å². The maximum atomic E-state index is 13.4. The molecule has 0 unspecified atom stereocenters. The number of pyridine rings is 1. The van der Waals surface area contributed by atoms with Crippen molar-refractivity contribution in [2.75, 3.05) is 5.32 Å². The molecule has 0 amide bonds. The molecule has 0 spiro atoms. The smallest absolute Gasteiger partial charge is 0.159 e. The van der Waals surface area contributed by atoms with Crippen LogP contribution < -0.4 is 5.32 Å². The Morgan fingerprint density at radius 3 is 2.00 bits per heavy atom. The molecular weight excluding hydrogens is 306 g/mol. The molecule has 1 aromatic heterocycles. The number of halogens is 2. The third kappa shape index (κ3) is 2.56. The zero-order valence-electron chi connectivity index (χ0n) is 12.8. The summed E-state index contributed by atoms with van der Waals surface area (Å²) in [5, 5.41) is 5.36. The van der Waals surface area contributed by atoms with Crippen LogP contribution in [0.3, 0.4) is 0 Å². The number of aromatic nitrogens is 1. The molecule has 2 nitrogen and oxygen atoms in total. The van der Waals surface area contributed by atoms with Gasteiger partial charge in [0.2, 0.25) is 0 Å². The van der Waals surface area contributed by atoms with Gasteiger partial charge in [-0.05, 0) is 29.8 Å². The highest BCUT2D eigenvalue weighted by atomic mass is 19.2. The summed E-state index contributed by atoms with van der Waals surface area (Å²) in [6.07, 6.45) is 0. The number of hydrogen-bond donors (Lipinski definition) is 1. The van der Waals surface area contributed by atoms with Gasteiger partial charge in [0.1, 0.15) is 0 Å². The molecule has 1 heterocycles. The zero-order chi connectivity index (χ0) is 16.5. The Labute approximate surface area is 137 Å². The topological polar surface area (TPSA) is 24.9 Å². The lowest BCUT2D eigenvalue weighted by atomic mass is 10.1. The maximum absolute atomic E-state index is 13.4. The fourth-order valence-electron chi connectivity index (χ4n) is 2.87. The Bertz CT molecular complexity index is 990. The Morgan fingerprint density at radius 1 is 0.750 bits per heavy atom. The Kier molecular flexibility index (Phi) is 3.58. The van der Waals surface area contributed by atoms with Gasteiger partial charge >= 0.3 is 0 Å². The van der Waals surface area contributed by atoms with Crippen molar-refractivity contribution in [1.29, 1.82) is 0 Å². The third-order valence-corrected chi connectivity index (χ3v) is 4.04. The van der Waals surface area contributed by atoms with Crippen molar-refractivity contribution >= 4 is 27.5 Å². The molecule has 3 aromatic carbocycles. The molecule has 24 heavy (non-hydrogen) atoms. The van der Waals surface area contributed by atoms with Crippen LogP contribution in [0.15, 0.2) is 66.7 Å². The van der Waals surface area contributed by atoms with Gasteiger partial charge in [-0.1, -0.05) is 42.5 Å². The quantitative estimate of drug-likeness (QED) is 0.520. The van der Waals surface area contributed by atoms with Gasteiger partial charge in [-0.2, -0.15) is 0 Å². The number of nitrogens with one attached hydrogen (secondary N) is 1. The third-order valence-electron chi connectivity index (χ3n) is 4.04. The normalized spacial score (nSPS) is 11.1. The Balaban J connectivity index is 1.80. The Hall–Kier alpha value is -3.01. The molecule has 0 aliphatic carbocycles. The summed E-state index contributed by atoms with van der Waals surface area (Å²) in [6.45, 7) is 0.398. The summed E-state index contributed by atoms with van der Waals surface area (Å²) < 4.78 is 26.5. The van der Waals surface area contributed by atoms with Gasteiger partial charge in [-0.15, -0.1) is 0 Å². The SMILES string of the molecule is Fc1ccc(CNc2c3ccccc3nc3ccccc23)cc1F. The van der Waals surface area contributed by atoms with Crippen molar-refractivity contribution in [1.82, 2.24) is 4.98 Å². The van der Waals surface area contributed by atoms with Crippen LogP contribution in [-0.2, 0) is 6.54 Å². The minimum atomic E-state index is -0.835. The minimum absolute atomic E-state index is 0.398. The average molecular weight is 320 g/mol. The van der Waals surface area contributed by atoms with Crippen LogP contribution in [0.1, 0.15) is 5.56 Å². The molecule has 4 heteroatoms. The van der Waals surface area contributed by atoms with E-state index in [2.05, 4.69) is 10.3 Å². The molecule has 0 saturated carbocycles. The molecule has 4 aromatic rings. The minimum Gasteiger partial charge on any atom is -0.380 e. The second kappa shape index (κ2) is 5.89. The first kappa shape index (κ1) is 14.6. The monoisotopic (exact) mass is 320 g/mol. The number of anilines is 1. The van der Waals surface area contributed by atoms with E-state index in [0.717, 1.165) is 33.6 Å². The second-order valence-corrected chi connectivity index (χ2v) is 5.62. The Morgan fingerprint density at radius 2 is 1.38 bits per heavy atom. The molecule has 0 atom stereocenters. The fraction of sp³-hybridized carbons (Fsp3) is 0.0500. The van der Waals surface area contributed by atoms with Crippen LogP contribution in [0.5, 0.6) is 0 Å². The molecule has 118 valence electrons. The van der Waals surface area contributed by atoms with E-state index >= 15 is 0 Å². The summed E-state index contributed by atoms with van der Waals surface area (Å²) in [7, 11) is 0. The molecule has 1 N–H and O–H groups in total. The van der Waals surface area contributed by atoms with Gasteiger partial charge in [-0.25, -0.2) is 13.8 Å². The van der Waals surface area contributed by atoms with E-state index in [9.17, 15) is 8.78 Å². The van der Waals surface area contributed by atoms with Gasteiger partial charge in [0.15, 0.2) is 11.6 Å². The summed E-state index contributed by atoms with van der Waals surface area (Å²) in [6, 6.07) is 19.7. The van der Waals surface area contributed by atoms with Gasteiger partial charge in [0, 0.05) is 17.3 Å². The summed E-state index contributed by atoms with van der Waals surface area (Å²) in [5.74, 6) is -1.67. The van der Waals surface area contributed by atoms with Crippen molar-refractivity contribution in [3.8, 4) is 0 Å². The van der Waals surface area contributed by atoms with Crippen LogP contribution in [0.25, 0.3) is 21.8 Å². The number of para-hydroxylation sites is 2. The van der Waals surface area contributed by atoms with E-state index in [-0.39, 0.29) is 0 Å². The van der Waals surface area contributed by atoms with Crippen LogP contribution in [0.2, 0.25) is 0 Å². The predicted molar refractivity (Wildman–Crippen MR) is 92.9 cm³/mol. The highest BCUT2D eigenvalue weighted by Gasteiger charge is 2.09. The van der Waals surface area contributed by atoms with Crippen LogP contribution in [-0.4, -0.2) is 4.98 Å². The van der Waals surface area contributed by atoms with E-state index in [4.69, 9.17) is 0 Å². The number of hydrogen-bond acceptors (Lipinski definition) is 2. The van der Waals surface area contributed by atoms with Gasteiger partial charge in [-0.3, -0.25) is 0 Å². The summed E-state index contributed by atoms with van der Waals surface area (Å²) in [5.41, 5.74) is 3.41. The van der Waals surface area contributed by atoms with Gasteiger partial charge in [0.25, 0.3) is 0 Å². The highest BCUT2D eigenvalue weighted by molar-refractivity contribution is 6.07. The van der Waals surface area contributed by atoms with Gasteiger partial charge in [0.05, 0.1) is 16.7 Å². The van der Waals surface area contributed by atoms with Crippen LogP contribution in [0.4, 0.5) is 14.5 Å². The van der Waals surface area contributed by atoms with Crippen molar-refractivity contribution in [3.05, 3.63) is 83.9 Å². The number of rotatable bonds is 3. The molecule has 0 radical (unpaired) electrons. The molecule has 0 saturated heterocycles. The maximum Gasteiger partial charge on any atom is 0.159 e. The van der Waals surface area contributed by atoms with E-state index in [1.54, 1.807) is 6.07 Å². The van der Waals surface area contributed by atoms with E-state index in [1.165, 1.54) is 6.07 Å². The first-order valence-electron chi connectivity index (χ1n) is 7.68. The molecule has 0 aliphatic heterocycles. The van der Waals surface area contributed by atoms with E-state index in [0.29, 0.717) is 12.1 Å². The predicted octanol–water partition coefficient (Wildman–Crippen LogP) is 5.28. The van der Waals surface area contributed by atoms with Crippen LogP contribution >= 0.6 is 0 Å².